The van der Waals surface area contributed by atoms with Gasteiger partial charge in [0.1, 0.15) is 0 Å². The largest absolute Gasteiger partial charge is 0.334 e. The highest BCUT2D eigenvalue weighted by Crippen LogP contribution is 2.39. The molecule has 0 radical (unpaired) electrons. The molecule has 1 unspecified atom stereocenters. The standard InChI is InChI=1S/C28H26N4O2/c1-4-20-13-15-22(16-14-20)26-30-27(34-31-26)24-19(3)32(23-12-8-9-18(2)17-23)28(33)29-25(24)21-10-6-5-7-11-21/h5-17,25H,4H2,1-3H3,(H,29,33). The van der Waals surface area contributed by atoms with Crippen molar-refractivity contribution in [3.8, 4) is 11.4 Å². The summed E-state index contributed by atoms with van der Waals surface area (Å²) in [6.07, 6.45) is 0.969. The molecule has 34 heavy (non-hydrogen) atoms. The number of aromatic nitrogens is 2. The molecule has 1 atom stereocenters. The Morgan fingerprint density at radius 2 is 1.74 bits per heavy atom. The van der Waals surface area contributed by atoms with Gasteiger partial charge in [0.25, 0.3) is 5.89 Å². The number of aryl methyl sites for hydroxylation is 2. The zero-order chi connectivity index (χ0) is 23.7. The van der Waals surface area contributed by atoms with Gasteiger partial charge in [-0.3, -0.25) is 4.90 Å². The summed E-state index contributed by atoms with van der Waals surface area (Å²) < 4.78 is 5.78. The van der Waals surface area contributed by atoms with Crippen molar-refractivity contribution < 1.29 is 9.32 Å². The Hall–Kier alpha value is -4.19. The van der Waals surface area contributed by atoms with E-state index in [0.717, 1.165) is 40.1 Å². The number of anilines is 1. The Balaban J connectivity index is 1.63. The predicted octanol–water partition coefficient (Wildman–Crippen LogP) is 6.31. The third kappa shape index (κ3) is 3.99. The number of nitrogens with one attached hydrogen (secondary N) is 1. The van der Waals surface area contributed by atoms with Gasteiger partial charge in [-0.2, -0.15) is 4.98 Å². The van der Waals surface area contributed by atoms with E-state index in [1.807, 2.05) is 80.6 Å². The van der Waals surface area contributed by atoms with Crippen LogP contribution in [0.1, 0.15) is 42.5 Å². The minimum atomic E-state index is -0.412. The maximum atomic E-state index is 13.3. The quantitative estimate of drug-likeness (QED) is 0.387. The second-order valence-corrected chi connectivity index (χ2v) is 8.44. The summed E-state index contributed by atoms with van der Waals surface area (Å²) in [4.78, 5) is 19.7. The second-order valence-electron chi connectivity index (χ2n) is 8.44. The predicted molar refractivity (Wildman–Crippen MR) is 133 cm³/mol. The van der Waals surface area contributed by atoms with Crippen molar-refractivity contribution in [3.05, 3.63) is 107 Å². The zero-order valence-electron chi connectivity index (χ0n) is 19.4. The third-order valence-electron chi connectivity index (χ3n) is 6.15. The van der Waals surface area contributed by atoms with Crippen LogP contribution in [-0.2, 0) is 6.42 Å². The van der Waals surface area contributed by atoms with Crippen LogP contribution in [0.4, 0.5) is 10.5 Å². The molecule has 1 aliphatic heterocycles. The molecule has 0 fully saturated rings. The minimum Gasteiger partial charge on any atom is -0.334 e. The molecule has 0 saturated carbocycles. The van der Waals surface area contributed by atoms with Crippen molar-refractivity contribution >= 4 is 17.3 Å². The lowest BCUT2D eigenvalue weighted by molar-refractivity contribution is 0.244. The first kappa shape index (κ1) is 21.6. The van der Waals surface area contributed by atoms with Crippen LogP contribution in [0.3, 0.4) is 0 Å². The molecule has 0 aliphatic carbocycles. The molecule has 0 saturated heterocycles. The first-order valence-electron chi connectivity index (χ1n) is 11.4. The summed E-state index contributed by atoms with van der Waals surface area (Å²) in [5.41, 5.74) is 6.46. The third-order valence-corrected chi connectivity index (χ3v) is 6.15. The summed E-state index contributed by atoms with van der Waals surface area (Å²) in [7, 11) is 0. The van der Waals surface area contributed by atoms with Crippen molar-refractivity contribution in [2.45, 2.75) is 33.2 Å². The number of allylic oxidation sites excluding steroid dienone is 1. The van der Waals surface area contributed by atoms with Gasteiger partial charge in [-0.05, 0) is 49.1 Å². The molecule has 6 heteroatoms. The van der Waals surface area contributed by atoms with Crippen LogP contribution in [0, 0.1) is 6.92 Å². The van der Waals surface area contributed by atoms with E-state index in [-0.39, 0.29) is 6.03 Å². The first-order valence-corrected chi connectivity index (χ1v) is 11.4. The van der Waals surface area contributed by atoms with Gasteiger partial charge in [-0.15, -0.1) is 0 Å². The van der Waals surface area contributed by atoms with Crippen LogP contribution in [0.25, 0.3) is 17.0 Å². The Morgan fingerprint density at radius 1 is 0.971 bits per heavy atom. The van der Waals surface area contributed by atoms with Gasteiger partial charge in [-0.25, -0.2) is 4.79 Å². The molecule has 2 heterocycles. The summed E-state index contributed by atoms with van der Waals surface area (Å²) in [6, 6.07) is 25.2. The Kier molecular flexibility index (Phi) is 5.72. The average Bonchev–Trinajstić information content (AvgIpc) is 3.34. The number of urea groups is 1. The van der Waals surface area contributed by atoms with Gasteiger partial charge in [0, 0.05) is 11.3 Å². The fourth-order valence-electron chi connectivity index (χ4n) is 4.33. The van der Waals surface area contributed by atoms with Crippen LogP contribution in [-0.4, -0.2) is 16.2 Å². The smallest absolute Gasteiger partial charge is 0.326 e. The zero-order valence-corrected chi connectivity index (χ0v) is 19.4. The van der Waals surface area contributed by atoms with Gasteiger partial charge in [0.2, 0.25) is 5.82 Å². The normalized spacial score (nSPS) is 16.0. The number of carbonyl (C=O) groups is 1. The Labute approximate surface area is 198 Å². The molecule has 6 nitrogen and oxygen atoms in total. The fraction of sp³-hybridized carbons (Fsp3) is 0.179. The molecule has 1 aliphatic rings. The van der Waals surface area contributed by atoms with E-state index in [1.54, 1.807) is 4.90 Å². The average molecular weight is 451 g/mol. The van der Waals surface area contributed by atoms with Crippen LogP contribution >= 0.6 is 0 Å². The highest BCUT2D eigenvalue weighted by molar-refractivity contribution is 6.01. The van der Waals surface area contributed by atoms with Crippen LogP contribution < -0.4 is 10.2 Å². The van der Waals surface area contributed by atoms with E-state index < -0.39 is 6.04 Å². The van der Waals surface area contributed by atoms with Crippen LogP contribution in [0.5, 0.6) is 0 Å². The monoisotopic (exact) mass is 450 g/mol. The van der Waals surface area contributed by atoms with Crippen molar-refractivity contribution in [2.24, 2.45) is 0 Å². The van der Waals surface area contributed by atoms with Crippen LogP contribution in [0.2, 0.25) is 0 Å². The lowest BCUT2D eigenvalue weighted by atomic mass is 9.94. The molecule has 170 valence electrons. The van der Waals surface area contributed by atoms with Gasteiger partial charge >= 0.3 is 6.03 Å². The van der Waals surface area contributed by atoms with Crippen LogP contribution in [0.15, 0.2) is 89.1 Å². The van der Waals surface area contributed by atoms with E-state index in [9.17, 15) is 4.79 Å². The molecule has 4 aromatic rings. The SMILES string of the molecule is CCc1ccc(-c2noc(C3=C(C)N(c4cccc(C)c4)C(=O)NC3c3ccccc3)n2)cc1. The van der Waals surface area contributed by atoms with E-state index in [2.05, 4.69) is 29.5 Å². The number of rotatable bonds is 5. The molecular weight excluding hydrogens is 424 g/mol. The summed E-state index contributed by atoms with van der Waals surface area (Å²) in [5.74, 6) is 0.905. The Bertz CT molecular complexity index is 1360. The molecule has 2 amide bonds. The maximum absolute atomic E-state index is 13.3. The number of nitrogens with zero attached hydrogens (tertiary/aromatic N) is 3. The maximum Gasteiger partial charge on any atom is 0.326 e. The van der Waals surface area contributed by atoms with E-state index in [1.165, 1.54) is 5.56 Å². The number of benzene rings is 3. The first-order chi connectivity index (χ1) is 16.5. The van der Waals surface area contributed by atoms with E-state index in [4.69, 9.17) is 9.51 Å². The molecular formula is C28H26N4O2. The molecule has 0 bridgehead atoms. The van der Waals surface area contributed by atoms with Gasteiger partial charge in [0.05, 0.1) is 17.3 Å². The summed E-state index contributed by atoms with van der Waals surface area (Å²) in [5, 5.41) is 7.40. The summed E-state index contributed by atoms with van der Waals surface area (Å²) >= 11 is 0. The molecule has 1 aromatic heterocycles. The minimum absolute atomic E-state index is 0.199. The number of carbonyl (C=O) groups excluding carboxylic acids is 1. The van der Waals surface area contributed by atoms with Gasteiger partial charge < -0.3 is 9.84 Å². The molecule has 5 rings (SSSR count). The highest BCUT2D eigenvalue weighted by Gasteiger charge is 2.36. The molecule has 3 aromatic carbocycles. The van der Waals surface area contributed by atoms with Crippen molar-refractivity contribution in [3.63, 3.8) is 0 Å². The summed E-state index contributed by atoms with van der Waals surface area (Å²) in [6.45, 7) is 6.05. The van der Waals surface area contributed by atoms with Gasteiger partial charge in [0.15, 0.2) is 0 Å². The number of amides is 2. The van der Waals surface area contributed by atoms with Gasteiger partial charge in [-0.1, -0.05) is 78.8 Å². The molecule has 1 N–H and O–H groups in total. The van der Waals surface area contributed by atoms with Crippen molar-refractivity contribution in [1.82, 2.24) is 15.5 Å². The molecule has 0 spiro atoms. The van der Waals surface area contributed by atoms with E-state index in [0.29, 0.717) is 11.7 Å². The highest BCUT2D eigenvalue weighted by atomic mass is 16.5. The van der Waals surface area contributed by atoms with Crippen molar-refractivity contribution in [1.29, 1.82) is 0 Å². The van der Waals surface area contributed by atoms with E-state index >= 15 is 0 Å². The number of hydrogen-bond donors (Lipinski definition) is 1. The Morgan fingerprint density at radius 3 is 2.44 bits per heavy atom. The second kappa shape index (κ2) is 8.98. The van der Waals surface area contributed by atoms with Crippen molar-refractivity contribution in [2.75, 3.05) is 4.90 Å². The number of hydrogen-bond acceptors (Lipinski definition) is 4. The lowest BCUT2D eigenvalue weighted by Crippen LogP contribution is -2.46. The lowest BCUT2D eigenvalue weighted by Gasteiger charge is -2.35. The fourth-order valence-corrected chi connectivity index (χ4v) is 4.33. The topological polar surface area (TPSA) is 71.3 Å².